The summed E-state index contributed by atoms with van der Waals surface area (Å²) < 4.78 is 6.13. The first-order valence-electron chi connectivity index (χ1n) is 8.13. The molecule has 1 atom stereocenters. The topological polar surface area (TPSA) is 71.0 Å². The molecule has 1 amide bonds. The van der Waals surface area contributed by atoms with E-state index in [1.54, 1.807) is 37.2 Å². The highest BCUT2D eigenvalue weighted by Crippen LogP contribution is 2.30. The van der Waals surface area contributed by atoms with Crippen LogP contribution in [-0.4, -0.2) is 49.4 Å². The molecular weight excluding hydrogens is 469 g/mol. The maximum absolute atomic E-state index is 12.6. The molecule has 0 radical (unpaired) electrons. The number of hydrogen-bond acceptors (Lipinski definition) is 5. The van der Waals surface area contributed by atoms with Gasteiger partial charge in [-0.25, -0.2) is 4.99 Å². The van der Waals surface area contributed by atoms with Crippen LogP contribution in [0.25, 0.3) is 0 Å². The molecule has 148 valence electrons. The van der Waals surface area contributed by atoms with Crippen molar-refractivity contribution in [3.05, 3.63) is 63.1 Å². The standard InChI is InChI=1S/C19H17BrClN3O3.ClH/c1-24(2)10-16(25)27-19-18(26)22-15-8-7-11(20)9-13(15)17(23-19)12-5-3-4-6-14(12)21;/h3-9,19H,10H2,1-2H3,(H,22,26);1H. The molecule has 0 fully saturated rings. The quantitative estimate of drug-likeness (QED) is 0.668. The minimum Gasteiger partial charge on any atom is -0.429 e. The maximum atomic E-state index is 12.6. The highest BCUT2D eigenvalue weighted by molar-refractivity contribution is 9.10. The minimum atomic E-state index is -1.31. The number of hydrogen-bond donors (Lipinski definition) is 1. The lowest BCUT2D eigenvalue weighted by molar-refractivity contribution is -0.154. The van der Waals surface area contributed by atoms with Crippen LogP contribution in [0.4, 0.5) is 5.69 Å². The number of benzodiazepines with no additional fused rings is 1. The molecule has 0 spiro atoms. The van der Waals surface area contributed by atoms with Gasteiger partial charge in [0, 0.05) is 20.6 Å². The van der Waals surface area contributed by atoms with E-state index in [1.807, 2.05) is 24.3 Å². The highest BCUT2D eigenvalue weighted by atomic mass is 79.9. The van der Waals surface area contributed by atoms with Gasteiger partial charge in [-0.3, -0.25) is 14.5 Å². The van der Waals surface area contributed by atoms with Crippen molar-refractivity contribution in [1.29, 1.82) is 0 Å². The number of ether oxygens (including phenoxy) is 1. The van der Waals surface area contributed by atoms with E-state index in [4.69, 9.17) is 16.3 Å². The van der Waals surface area contributed by atoms with Gasteiger partial charge in [-0.2, -0.15) is 0 Å². The number of benzene rings is 2. The number of esters is 1. The predicted molar refractivity (Wildman–Crippen MR) is 116 cm³/mol. The number of aliphatic imine (C=N–C) groups is 1. The van der Waals surface area contributed by atoms with Crippen molar-refractivity contribution in [3.63, 3.8) is 0 Å². The average molecular weight is 487 g/mol. The third kappa shape index (κ3) is 5.11. The molecule has 6 nitrogen and oxygen atoms in total. The monoisotopic (exact) mass is 485 g/mol. The largest absolute Gasteiger partial charge is 0.429 e. The van der Waals surface area contributed by atoms with Crippen LogP contribution < -0.4 is 5.32 Å². The van der Waals surface area contributed by atoms with Crippen LogP contribution in [0.2, 0.25) is 5.02 Å². The Balaban J connectivity index is 0.00000280. The smallest absolute Gasteiger partial charge is 0.322 e. The van der Waals surface area contributed by atoms with Crippen LogP contribution >= 0.6 is 39.9 Å². The molecule has 0 saturated carbocycles. The zero-order valence-corrected chi connectivity index (χ0v) is 18.3. The zero-order valence-electron chi connectivity index (χ0n) is 15.1. The molecule has 0 saturated heterocycles. The Morgan fingerprint density at radius 2 is 1.96 bits per heavy atom. The molecule has 0 bridgehead atoms. The summed E-state index contributed by atoms with van der Waals surface area (Å²) in [7, 11) is 3.47. The molecule has 0 aromatic heterocycles. The fourth-order valence-corrected chi connectivity index (χ4v) is 3.22. The van der Waals surface area contributed by atoms with Gasteiger partial charge < -0.3 is 10.1 Å². The number of anilines is 1. The highest BCUT2D eigenvalue weighted by Gasteiger charge is 2.29. The molecule has 28 heavy (non-hydrogen) atoms. The number of halogens is 3. The van der Waals surface area contributed by atoms with Crippen LogP contribution in [0.1, 0.15) is 11.1 Å². The summed E-state index contributed by atoms with van der Waals surface area (Å²) in [6, 6.07) is 12.6. The van der Waals surface area contributed by atoms with Crippen LogP contribution in [0.5, 0.6) is 0 Å². The van der Waals surface area contributed by atoms with Crippen molar-refractivity contribution in [3.8, 4) is 0 Å². The molecule has 9 heteroatoms. The van der Waals surface area contributed by atoms with Crippen molar-refractivity contribution in [2.75, 3.05) is 26.0 Å². The fraction of sp³-hybridized carbons (Fsp3) is 0.211. The van der Waals surface area contributed by atoms with Gasteiger partial charge in [0.2, 0.25) is 0 Å². The molecule has 1 aliphatic rings. The second-order valence-electron chi connectivity index (χ2n) is 6.22. The summed E-state index contributed by atoms with van der Waals surface area (Å²) in [4.78, 5) is 30.8. The lowest BCUT2D eigenvalue weighted by Crippen LogP contribution is -2.34. The SMILES string of the molecule is CN(C)CC(=O)OC1N=C(c2ccccc2Cl)c2cc(Br)ccc2NC1=O.Cl. The summed E-state index contributed by atoms with van der Waals surface area (Å²) in [5, 5.41) is 3.25. The van der Waals surface area contributed by atoms with Crippen molar-refractivity contribution >= 4 is 63.2 Å². The summed E-state index contributed by atoms with van der Waals surface area (Å²) in [6.07, 6.45) is -1.31. The molecular formula is C19H18BrCl2N3O3. The normalized spacial score (nSPS) is 15.7. The summed E-state index contributed by atoms with van der Waals surface area (Å²) in [5.74, 6) is -1.07. The van der Waals surface area contributed by atoms with Gasteiger partial charge in [0.15, 0.2) is 0 Å². The summed E-state index contributed by atoms with van der Waals surface area (Å²) in [6.45, 7) is 0.0409. The van der Waals surface area contributed by atoms with Gasteiger partial charge in [0.05, 0.1) is 17.9 Å². The van der Waals surface area contributed by atoms with E-state index in [0.717, 1.165) is 4.47 Å². The first-order valence-corrected chi connectivity index (χ1v) is 9.30. The van der Waals surface area contributed by atoms with Gasteiger partial charge in [-0.05, 0) is 38.4 Å². The molecule has 1 aliphatic heterocycles. The third-order valence-electron chi connectivity index (χ3n) is 3.78. The number of fused-ring (bicyclic) bond motifs is 1. The van der Waals surface area contributed by atoms with Crippen molar-refractivity contribution in [2.24, 2.45) is 4.99 Å². The number of rotatable bonds is 4. The fourth-order valence-electron chi connectivity index (χ4n) is 2.63. The maximum Gasteiger partial charge on any atom is 0.322 e. The van der Waals surface area contributed by atoms with E-state index in [-0.39, 0.29) is 19.0 Å². The van der Waals surface area contributed by atoms with E-state index in [1.165, 1.54) is 0 Å². The molecule has 0 aliphatic carbocycles. The van der Waals surface area contributed by atoms with Crippen LogP contribution in [-0.2, 0) is 14.3 Å². The van der Waals surface area contributed by atoms with Gasteiger partial charge >= 0.3 is 5.97 Å². The first kappa shape index (κ1) is 22.4. The van der Waals surface area contributed by atoms with Gasteiger partial charge in [0.1, 0.15) is 0 Å². The summed E-state index contributed by atoms with van der Waals surface area (Å²) in [5.41, 5.74) is 2.35. The molecule has 1 N–H and O–H groups in total. The number of nitrogens with zero attached hydrogens (tertiary/aromatic N) is 2. The molecule has 2 aromatic rings. The van der Waals surface area contributed by atoms with Crippen molar-refractivity contribution in [2.45, 2.75) is 6.23 Å². The van der Waals surface area contributed by atoms with E-state index in [2.05, 4.69) is 26.2 Å². The zero-order chi connectivity index (χ0) is 19.6. The number of nitrogens with one attached hydrogen (secondary N) is 1. The summed E-state index contributed by atoms with van der Waals surface area (Å²) >= 11 is 9.80. The number of amides is 1. The second kappa shape index (κ2) is 9.52. The van der Waals surface area contributed by atoms with E-state index in [0.29, 0.717) is 27.5 Å². The van der Waals surface area contributed by atoms with Gasteiger partial charge in [-0.1, -0.05) is 45.7 Å². The lowest BCUT2D eigenvalue weighted by Gasteiger charge is -2.14. The molecule has 2 aromatic carbocycles. The van der Waals surface area contributed by atoms with E-state index >= 15 is 0 Å². The Labute approximate surface area is 182 Å². The van der Waals surface area contributed by atoms with Crippen LogP contribution in [0.3, 0.4) is 0 Å². The Hall–Kier alpha value is -1.93. The molecule has 1 unspecified atom stereocenters. The number of carbonyl (C=O) groups is 2. The Kier molecular flexibility index (Phi) is 7.60. The molecule has 1 heterocycles. The number of likely N-dealkylation sites (N-methyl/N-ethyl adjacent to an activating group) is 1. The van der Waals surface area contributed by atoms with Gasteiger partial charge in [0.25, 0.3) is 12.1 Å². The number of carbonyl (C=O) groups excluding carboxylic acids is 2. The lowest BCUT2D eigenvalue weighted by atomic mass is 10.0. The second-order valence-corrected chi connectivity index (χ2v) is 7.54. The van der Waals surface area contributed by atoms with Crippen LogP contribution in [0.15, 0.2) is 51.9 Å². The predicted octanol–water partition coefficient (Wildman–Crippen LogP) is 3.74. The third-order valence-corrected chi connectivity index (χ3v) is 4.61. The Morgan fingerprint density at radius 1 is 1.25 bits per heavy atom. The van der Waals surface area contributed by atoms with Crippen LogP contribution in [0, 0.1) is 0 Å². The molecule has 3 rings (SSSR count). The van der Waals surface area contributed by atoms with Crippen molar-refractivity contribution < 1.29 is 14.3 Å². The van der Waals surface area contributed by atoms with E-state index < -0.39 is 18.1 Å². The first-order chi connectivity index (χ1) is 12.8. The Morgan fingerprint density at radius 3 is 2.64 bits per heavy atom. The van der Waals surface area contributed by atoms with E-state index in [9.17, 15) is 9.59 Å². The minimum absolute atomic E-state index is 0. The van der Waals surface area contributed by atoms with Crippen molar-refractivity contribution in [1.82, 2.24) is 4.90 Å². The Bertz CT molecular complexity index is 934. The van der Waals surface area contributed by atoms with Gasteiger partial charge in [-0.15, -0.1) is 12.4 Å². The average Bonchev–Trinajstić information content (AvgIpc) is 2.72.